The van der Waals surface area contributed by atoms with Crippen molar-refractivity contribution in [3.8, 4) is 22.9 Å². The van der Waals surface area contributed by atoms with Gasteiger partial charge in [-0.2, -0.15) is 9.61 Å². The van der Waals surface area contributed by atoms with Gasteiger partial charge in [-0.15, -0.1) is 21.5 Å². The first-order valence-corrected chi connectivity index (χ1v) is 13.0. The largest absolute Gasteiger partial charge is 0.497 e. The number of fused-ring (bicyclic) bond motifs is 1. The number of thiophene rings is 1. The summed E-state index contributed by atoms with van der Waals surface area (Å²) in [6.45, 7) is 13.1. The predicted molar refractivity (Wildman–Crippen MR) is 144 cm³/mol. The van der Waals surface area contributed by atoms with Crippen LogP contribution in [0, 0.1) is 0 Å². The van der Waals surface area contributed by atoms with Gasteiger partial charge in [0.05, 0.1) is 30.5 Å². The van der Waals surface area contributed by atoms with Crippen LogP contribution in [-0.4, -0.2) is 47.1 Å². The van der Waals surface area contributed by atoms with Crippen LogP contribution in [0.5, 0.6) is 11.5 Å². The summed E-state index contributed by atoms with van der Waals surface area (Å²) in [5.74, 6) is 2.05. The molecule has 0 radical (unpaired) electrons. The van der Waals surface area contributed by atoms with Gasteiger partial charge in [0.25, 0.3) is 0 Å². The van der Waals surface area contributed by atoms with Crippen molar-refractivity contribution in [3.05, 3.63) is 46.1 Å². The Morgan fingerprint density at radius 1 is 1.06 bits per heavy atom. The number of aromatic nitrogens is 4. The van der Waals surface area contributed by atoms with Gasteiger partial charge in [-0.25, -0.2) is 0 Å². The predicted octanol–water partition coefficient (Wildman–Crippen LogP) is 5.34. The van der Waals surface area contributed by atoms with E-state index in [1.807, 2.05) is 22.7 Å². The summed E-state index contributed by atoms with van der Waals surface area (Å²) in [6, 6.07) is 10.1. The molecule has 0 bridgehead atoms. The van der Waals surface area contributed by atoms with Gasteiger partial charge in [0.1, 0.15) is 11.5 Å². The van der Waals surface area contributed by atoms with Crippen LogP contribution >= 0.6 is 11.3 Å². The maximum atomic E-state index is 5.61. The highest BCUT2D eigenvalue weighted by molar-refractivity contribution is 7.16. The van der Waals surface area contributed by atoms with Crippen LogP contribution < -0.4 is 19.6 Å². The lowest BCUT2D eigenvalue weighted by molar-refractivity contribution is 0.404. The van der Waals surface area contributed by atoms with Gasteiger partial charge in [0, 0.05) is 28.6 Å². The fourth-order valence-electron chi connectivity index (χ4n) is 4.15. The molecule has 7 nitrogen and oxygen atoms in total. The monoisotopic (exact) mass is 493 g/mol. The smallest absolute Gasteiger partial charge is 0.189 e. The number of hydrogen-bond donors (Lipinski definition) is 0. The van der Waals surface area contributed by atoms with Crippen LogP contribution in [0.2, 0.25) is 0 Å². The van der Waals surface area contributed by atoms with E-state index in [1.54, 1.807) is 25.6 Å². The molecule has 4 aromatic rings. The summed E-state index contributed by atoms with van der Waals surface area (Å²) < 4.78 is 12.9. The van der Waals surface area contributed by atoms with Crippen molar-refractivity contribution < 1.29 is 9.47 Å². The molecule has 0 aliphatic carbocycles. The Bertz CT molecular complexity index is 1350. The topological polar surface area (TPSA) is 64.8 Å². The summed E-state index contributed by atoms with van der Waals surface area (Å²) in [5, 5.41) is 16.4. The van der Waals surface area contributed by atoms with Crippen LogP contribution in [0.4, 0.5) is 5.00 Å². The number of hydrogen-bond acceptors (Lipinski definition) is 7. The second-order valence-electron chi connectivity index (χ2n) is 9.59. The van der Waals surface area contributed by atoms with Gasteiger partial charge in [-0.05, 0) is 49.8 Å². The molecule has 0 atom stereocenters. The molecule has 3 heterocycles. The molecule has 8 heteroatoms. The lowest BCUT2D eigenvalue weighted by Crippen LogP contribution is -2.22. The van der Waals surface area contributed by atoms with Gasteiger partial charge in [0.15, 0.2) is 11.5 Å². The second-order valence-corrected chi connectivity index (χ2v) is 10.7. The summed E-state index contributed by atoms with van der Waals surface area (Å²) in [6.07, 6.45) is 4.59. The number of benzene rings is 1. The summed E-state index contributed by atoms with van der Waals surface area (Å²) in [7, 11) is 3.30. The number of anilines is 1. The van der Waals surface area contributed by atoms with E-state index in [2.05, 4.69) is 67.9 Å². The molecule has 1 aromatic carbocycles. The Hall–Kier alpha value is -3.13. The van der Waals surface area contributed by atoms with E-state index >= 15 is 0 Å². The first-order valence-electron chi connectivity index (χ1n) is 12.1. The van der Waals surface area contributed by atoms with Crippen LogP contribution in [-0.2, 0) is 5.41 Å². The first kappa shape index (κ1) is 25.0. The molecule has 0 aliphatic heterocycles. The first-order chi connectivity index (χ1) is 16.8. The Labute approximate surface area is 211 Å². The van der Waals surface area contributed by atoms with Crippen LogP contribution in [0.15, 0.2) is 30.3 Å². The quantitative estimate of drug-likeness (QED) is 0.314. The van der Waals surface area contributed by atoms with E-state index in [1.165, 1.54) is 22.7 Å². The Morgan fingerprint density at radius 3 is 2.51 bits per heavy atom. The van der Waals surface area contributed by atoms with Crippen molar-refractivity contribution in [3.63, 3.8) is 0 Å². The number of rotatable bonds is 9. The summed E-state index contributed by atoms with van der Waals surface area (Å²) in [5.41, 5.74) is 2.34. The van der Waals surface area contributed by atoms with E-state index < -0.39 is 0 Å². The van der Waals surface area contributed by atoms with E-state index in [-0.39, 0.29) is 5.41 Å². The van der Waals surface area contributed by atoms with E-state index in [9.17, 15) is 0 Å². The van der Waals surface area contributed by atoms with E-state index in [0.29, 0.717) is 11.6 Å². The molecule has 0 saturated heterocycles. The Balaban J connectivity index is 1.86. The van der Waals surface area contributed by atoms with Crippen LogP contribution in [0.25, 0.3) is 23.1 Å². The van der Waals surface area contributed by atoms with Crippen molar-refractivity contribution in [2.45, 2.75) is 52.9 Å². The minimum atomic E-state index is -0.168. The Morgan fingerprint density at radius 2 is 1.86 bits per heavy atom. The van der Waals surface area contributed by atoms with Crippen molar-refractivity contribution >= 4 is 28.1 Å². The number of nitrogens with zero attached hydrogens (tertiary/aromatic N) is 5. The molecular formula is C27H35N5O2S. The van der Waals surface area contributed by atoms with E-state index in [0.717, 1.165) is 41.0 Å². The van der Waals surface area contributed by atoms with E-state index in [4.69, 9.17) is 14.6 Å². The highest BCUT2D eigenvalue weighted by Crippen LogP contribution is 2.33. The molecule has 0 aliphatic rings. The maximum Gasteiger partial charge on any atom is 0.189 e. The minimum absolute atomic E-state index is 0.168. The molecule has 0 saturated carbocycles. The zero-order valence-electron chi connectivity index (χ0n) is 21.8. The molecule has 0 spiro atoms. The number of methoxy groups -OCH3 is 2. The zero-order chi connectivity index (χ0) is 25.2. The fraction of sp³-hybridized carbons (Fsp3) is 0.444. The third kappa shape index (κ3) is 4.98. The third-order valence-electron chi connectivity index (χ3n) is 6.07. The molecule has 0 fully saturated rings. The van der Waals surface area contributed by atoms with Gasteiger partial charge < -0.3 is 14.4 Å². The average molecular weight is 494 g/mol. The molecule has 35 heavy (non-hydrogen) atoms. The molecule has 0 amide bonds. The highest BCUT2D eigenvalue weighted by atomic mass is 32.1. The van der Waals surface area contributed by atoms with Crippen molar-refractivity contribution in [1.29, 1.82) is 0 Å². The average Bonchev–Trinajstić information content (AvgIpc) is 3.55. The molecular weight excluding hydrogens is 458 g/mol. The molecule has 4 rings (SSSR count). The molecule has 3 aromatic heterocycles. The standard InChI is InChI=1S/C27H35N5O2S/c1-8-10-15-31(9-2)23-14-12-19(35-23)17-21-24(27(3,4)5)30-32-25(28-29-26(21)32)20-16-18(33-6)11-13-22(20)34-7/h11-14,16-17H,8-10,15H2,1-7H3/b21-17-. The summed E-state index contributed by atoms with van der Waals surface area (Å²) >= 11 is 1.80. The van der Waals surface area contributed by atoms with Crippen molar-refractivity contribution in [2.75, 3.05) is 32.2 Å². The minimum Gasteiger partial charge on any atom is -0.497 e. The lowest BCUT2D eigenvalue weighted by atomic mass is 9.91. The van der Waals surface area contributed by atoms with Crippen LogP contribution in [0.3, 0.4) is 0 Å². The Kier molecular flexibility index (Phi) is 7.31. The number of ether oxygens (including phenoxy) is 2. The SMILES string of the molecule is CCCCN(CC)c1ccc(/C=c2/c(C(C)(C)C)nn3c(-c4cc(OC)ccc4OC)nnc23)s1. The molecule has 186 valence electrons. The third-order valence-corrected chi connectivity index (χ3v) is 7.16. The normalized spacial score (nSPS) is 12.5. The number of unbranched alkanes of at least 4 members (excludes halogenated alkanes) is 1. The summed E-state index contributed by atoms with van der Waals surface area (Å²) in [4.78, 5) is 3.62. The molecule has 0 unspecified atom stereocenters. The molecule has 0 N–H and O–H groups in total. The second kappa shape index (κ2) is 10.2. The zero-order valence-corrected chi connectivity index (χ0v) is 22.6. The maximum absolute atomic E-state index is 5.61. The fourth-order valence-corrected chi connectivity index (χ4v) is 5.19. The lowest BCUT2D eigenvalue weighted by Gasteiger charge is -2.20. The van der Waals surface area contributed by atoms with Crippen molar-refractivity contribution in [2.24, 2.45) is 0 Å². The van der Waals surface area contributed by atoms with Crippen LogP contribution in [0.1, 0.15) is 58.0 Å². The van der Waals surface area contributed by atoms with Gasteiger partial charge in [0.2, 0.25) is 0 Å². The van der Waals surface area contributed by atoms with Gasteiger partial charge >= 0.3 is 0 Å². The highest BCUT2D eigenvalue weighted by Gasteiger charge is 2.25. The van der Waals surface area contributed by atoms with Crippen molar-refractivity contribution in [1.82, 2.24) is 19.8 Å². The van der Waals surface area contributed by atoms with Gasteiger partial charge in [-0.3, -0.25) is 0 Å². The van der Waals surface area contributed by atoms with Gasteiger partial charge in [-0.1, -0.05) is 34.1 Å².